The van der Waals surface area contributed by atoms with E-state index in [4.69, 9.17) is 5.73 Å². The largest absolute Gasteiger partial charge is 0.369 e. The summed E-state index contributed by atoms with van der Waals surface area (Å²) in [5.41, 5.74) is 6.48. The summed E-state index contributed by atoms with van der Waals surface area (Å²) in [5, 5.41) is 9.48. The molecule has 24 heavy (non-hydrogen) atoms. The van der Waals surface area contributed by atoms with Crippen LogP contribution in [0.5, 0.6) is 0 Å². The second-order valence-electron chi connectivity index (χ2n) is 6.21. The zero-order chi connectivity index (χ0) is 16.8. The number of carbonyl (C=O) groups excluding carboxylic acids is 1. The van der Waals surface area contributed by atoms with E-state index in [9.17, 15) is 4.79 Å². The summed E-state index contributed by atoms with van der Waals surface area (Å²) in [6.07, 6.45) is 3.90. The molecule has 0 spiro atoms. The smallest absolute Gasteiger partial charge is 0.227 e. The Morgan fingerprint density at radius 3 is 2.62 bits per heavy atom. The van der Waals surface area contributed by atoms with Crippen molar-refractivity contribution in [3.05, 3.63) is 41.7 Å². The van der Waals surface area contributed by atoms with Gasteiger partial charge in [-0.05, 0) is 24.8 Å². The first-order valence-electron chi connectivity index (χ1n) is 8.43. The van der Waals surface area contributed by atoms with E-state index in [0.29, 0.717) is 0 Å². The van der Waals surface area contributed by atoms with Crippen molar-refractivity contribution in [1.82, 2.24) is 14.8 Å². The summed E-state index contributed by atoms with van der Waals surface area (Å²) in [4.78, 5) is 12.7. The second kappa shape index (κ2) is 8.30. The second-order valence-corrected chi connectivity index (χ2v) is 7.16. The van der Waals surface area contributed by atoms with Gasteiger partial charge in [-0.25, -0.2) is 0 Å². The number of likely N-dealkylation sites (tertiary alicyclic amines) is 1. The lowest BCUT2D eigenvalue weighted by molar-refractivity contribution is -0.919. The van der Waals surface area contributed by atoms with Gasteiger partial charge in [0.05, 0.1) is 25.4 Å². The van der Waals surface area contributed by atoms with Crippen LogP contribution in [0.4, 0.5) is 0 Å². The van der Waals surface area contributed by atoms with Crippen LogP contribution in [0.3, 0.4) is 0 Å². The Kier molecular flexibility index (Phi) is 5.87. The highest BCUT2D eigenvalue weighted by atomic mass is 32.2. The molecule has 1 amide bonds. The van der Waals surface area contributed by atoms with Gasteiger partial charge in [-0.2, -0.15) is 0 Å². The number of nitrogens with one attached hydrogen (secondary N) is 1. The minimum Gasteiger partial charge on any atom is -0.369 e. The SMILES string of the molecule is NC(=O)CSc1nnc(C[NH+]2CCCCC2)n1Cc1ccccc1. The number of benzene rings is 1. The van der Waals surface area contributed by atoms with E-state index in [1.54, 1.807) is 4.90 Å². The number of rotatable bonds is 7. The molecule has 2 heterocycles. The van der Waals surface area contributed by atoms with Crippen LogP contribution in [0.25, 0.3) is 0 Å². The molecule has 0 radical (unpaired) electrons. The zero-order valence-electron chi connectivity index (χ0n) is 13.8. The Bertz CT molecular complexity index is 667. The number of carbonyl (C=O) groups is 1. The molecule has 128 valence electrons. The van der Waals surface area contributed by atoms with Crippen molar-refractivity contribution in [3.8, 4) is 0 Å². The molecule has 1 aliphatic rings. The van der Waals surface area contributed by atoms with Crippen LogP contribution < -0.4 is 10.6 Å². The lowest BCUT2D eigenvalue weighted by Gasteiger charge is -2.23. The lowest BCUT2D eigenvalue weighted by atomic mass is 10.1. The van der Waals surface area contributed by atoms with E-state index in [1.807, 2.05) is 18.2 Å². The molecule has 3 N–H and O–H groups in total. The van der Waals surface area contributed by atoms with Crippen LogP contribution in [-0.4, -0.2) is 39.5 Å². The van der Waals surface area contributed by atoms with Gasteiger partial charge >= 0.3 is 0 Å². The minimum absolute atomic E-state index is 0.226. The average Bonchev–Trinajstić information content (AvgIpc) is 2.96. The van der Waals surface area contributed by atoms with E-state index < -0.39 is 0 Å². The van der Waals surface area contributed by atoms with Crippen molar-refractivity contribution in [1.29, 1.82) is 0 Å². The summed E-state index contributed by atoms with van der Waals surface area (Å²) in [7, 11) is 0. The number of amides is 1. The highest BCUT2D eigenvalue weighted by Gasteiger charge is 2.20. The number of aromatic nitrogens is 3. The number of thioether (sulfide) groups is 1. The van der Waals surface area contributed by atoms with Gasteiger partial charge in [0.15, 0.2) is 11.0 Å². The Labute approximate surface area is 146 Å². The number of piperidine rings is 1. The molecule has 1 aromatic carbocycles. The van der Waals surface area contributed by atoms with Gasteiger partial charge in [0.25, 0.3) is 0 Å². The summed E-state index contributed by atoms with van der Waals surface area (Å²) in [6, 6.07) is 10.3. The molecule has 0 atom stereocenters. The molecule has 1 aliphatic heterocycles. The number of hydrogen-bond acceptors (Lipinski definition) is 4. The van der Waals surface area contributed by atoms with Crippen molar-refractivity contribution < 1.29 is 9.69 Å². The first kappa shape index (κ1) is 17.0. The molecule has 0 saturated carbocycles. The van der Waals surface area contributed by atoms with E-state index in [-0.39, 0.29) is 11.7 Å². The molecule has 6 nitrogen and oxygen atoms in total. The van der Waals surface area contributed by atoms with Crippen LogP contribution in [0, 0.1) is 0 Å². The molecule has 3 rings (SSSR count). The van der Waals surface area contributed by atoms with Gasteiger partial charge in [0.1, 0.15) is 6.54 Å². The summed E-state index contributed by atoms with van der Waals surface area (Å²) in [5.74, 6) is 0.879. The van der Waals surface area contributed by atoms with Crippen LogP contribution >= 0.6 is 11.8 Å². The normalized spacial score (nSPS) is 15.5. The fourth-order valence-corrected chi connectivity index (χ4v) is 3.76. The Hall–Kier alpha value is -1.86. The van der Waals surface area contributed by atoms with Gasteiger partial charge in [0, 0.05) is 0 Å². The third kappa shape index (κ3) is 4.58. The van der Waals surface area contributed by atoms with E-state index in [1.165, 1.54) is 49.7 Å². The maximum atomic E-state index is 11.1. The molecule has 0 unspecified atom stereocenters. The Balaban J connectivity index is 1.79. The topological polar surface area (TPSA) is 78.2 Å². The van der Waals surface area contributed by atoms with Crippen molar-refractivity contribution >= 4 is 17.7 Å². The summed E-state index contributed by atoms with van der Waals surface area (Å²) < 4.78 is 2.13. The summed E-state index contributed by atoms with van der Waals surface area (Å²) >= 11 is 1.36. The number of hydrogen-bond donors (Lipinski definition) is 2. The number of primary amides is 1. The van der Waals surface area contributed by atoms with Crippen molar-refractivity contribution in [2.75, 3.05) is 18.8 Å². The van der Waals surface area contributed by atoms with Gasteiger partial charge in [-0.15, -0.1) is 10.2 Å². The molecule has 1 fully saturated rings. The molecule has 7 heteroatoms. The third-order valence-electron chi connectivity index (χ3n) is 4.29. The van der Waals surface area contributed by atoms with Gasteiger partial charge in [-0.1, -0.05) is 42.1 Å². The van der Waals surface area contributed by atoms with Crippen molar-refractivity contribution in [2.45, 2.75) is 37.5 Å². The van der Waals surface area contributed by atoms with Crippen LogP contribution in [0.1, 0.15) is 30.7 Å². The first-order chi connectivity index (χ1) is 11.7. The number of nitrogens with two attached hydrogens (primary N) is 1. The van der Waals surface area contributed by atoms with E-state index in [2.05, 4.69) is 26.9 Å². The van der Waals surface area contributed by atoms with Crippen LogP contribution in [-0.2, 0) is 17.9 Å². The van der Waals surface area contributed by atoms with Gasteiger partial charge < -0.3 is 10.6 Å². The third-order valence-corrected chi connectivity index (χ3v) is 5.28. The fraction of sp³-hybridized carbons (Fsp3) is 0.471. The van der Waals surface area contributed by atoms with Crippen LogP contribution in [0.2, 0.25) is 0 Å². The molecule has 1 saturated heterocycles. The standard InChI is InChI=1S/C17H23N5OS/c18-15(23)13-24-17-20-19-16(12-21-9-5-2-6-10-21)22(17)11-14-7-3-1-4-8-14/h1,3-4,7-8H,2,5-6,9-13H2,(H2,18,23)/p+1. The van der Waals surface area contributed by atoms with Crippen LogP contribution in [0.15, 0.2) is 35.5 Å². The zero-order valence-corrected chi connectivity index (χ0v) is 14.6. The molecule has 0 bridgehead atoms. The highest BCUT2D eigenvalue weighted by Crippen LogP contribution is 2.18. The van der Waals surface area contributed by atoms with E-state index in [0.717, 1.165) is 24.1 Å². The van der Waals surface area contributed by atoms with Gasteiger partial charge in [-0.3, -0.25) is 9.36 Å². The van der Waals surface area contributed by atoms with Gasteiger partial charge in [0.2, 0.25) is 5.91 Å². The van der Waals surface area contributed by atoms with E-state index >= 15 is 0 Å². The fourth-order valence-electron chi connectivity index (χ4n) is 3.07. The number of nitrogens with zero attached hydrogens (tertiary/aromatic N) is 3. The quantitative estimate of drug-likeness (QED) is 0.715. The first-order valence-corrected chi connectivity index (χ1v) is 9.41. The maximum absolute atomic E-state index is 11.1. The molecule has 1 aromatic heterocycles. The maximum Gasteiger partial charge on any atom is 0.227 e. The minimum atomic E-state index is -0.336. The monoisotopic (exact) mass is 346 g/mol. The lowest BCUT2D eigenvalue weighted by Crippen LogP contribution is -3.11. The predicted molar refractivity (Wildman–Crippen MR) is 93.7 cm³/mol. The molecular weight excluding hydrogens is 322 g/mol. The predicted octanol–water partition coefficient (Wildman–Crippen LogP) is 0.473. The Morgan fingerprint density at radius 1 is 1.17 bits per heavy atom. The van der Waals surface area contributed by atoms with Crippen molar-refractivity contribution in [2.24, 2.45) is 5.73 Å². The highest BCUT2D eigenvalue weighted by molar-refractivity contribution is 7.99. The number of quaternary nitrogens is 1. The molecule has 2 aromatic rings. The Morgan fingerprint density at radius 2 is 1.92 bits per heavy atom. The summed E-state index contributed by atoms with van der Waals surface area (Å²) in [6.45, 7) is 4.00. The molecule has 0 aliphatic carbocycles. The van der Waals surface area contributed by atoms with Crippen molar-refractivity contribution in [3.63, 3.8) is 0 Å². The average molecular weight is 346 g/mol. The molecular formula is C17H24N5OS+.